The summed E-state index contributed by atoms with van der Waals surface area (Å²) >= 11 is 5.92. The molecule has 0 radical (unpaired) electrons. The van der Waals surface area contributed by atoms with Gasteiger partial charge in [0.25, 0.3) is 11.8 Å². The Labute approximate surface area is 156 Å². The van der Waals surface area contributed by atoms with Crippen molar-refractivity contribution in [3.8, 4) is 0 Å². The van der Waals surface area contributed by atoms with E-state index in [2.05, 4.69) is 10.6 Å². The molecule has 2 aromatic carbocycles. The lowest BCUT2D eigenvalue weighted by atomic mass is 10.1. The van der Waals surface area contributed by atoms with Gasteiger partial charge in [-0.1, -0.05) is 29.8 Å². The summed E-state index contributed by atoms with van der Waals surface area (Å²) in [6.45, 7) is 3.05. The number of rotatable bonds is 6. The Morgan fingerprint density at radius 2 is 1.77 bits per heavy atom. The molecule has 0 saturated carbocycles. The number of para-hydroxylation sites is 1. The molecule has 2 aromatic rings. The molecule has 0 aliphatic carbocycles. The Hall–Kier alpha value is -2.86. The van der Waals surface area contributed by atoms with Crippen molar-refractivity contribution in [2.45, 2.75) is 13.8 Å². The summed E-state index contributed by atoms with van der Waals surface area (Å²) in [6.07, 6.45) is 0. The summed E-state index contributed by atoms with van der Waals surface area (Å²) in [5.41, 5.74) is 2.94. The lowest BCUT2D eigenvalue weighted by Gasteiger charge is -2.09. The van der Waals surface area contributed by atoms with E-state index < -0.39 is 18.5 Å². The molecule has 2 amide bonds. The number of amides is 2. The number of carbonyl (C=O) groups is 3. The maximum atomic E-state index is 12.0. The van der Waals surface area contributed by atoms with Gasteiger partial charge in [0.1, 0.15) is 6.54 Å². The van der Waals surface area contributed by atoms with Gasteiger partial charge in [-0.25, -0.2) is 0 Å². The molecule has 6 nitrogen and oxygen atoms in total. The van der Waals surface area contributed by atoms with Crippen molar-refractivity contribution in [2.75, 3.05) is 18.5 Å². The van der Waals surface area contributed by atoms with Crippen molar-refractivity contribution in [1.29, 1.82) is 0 Å². The lowest BCUT2D eigenvalue weighted by molar-refractivity contribution is -0.146. The van der Waals surface area contributed by atoms with E-state index in [0.29, 0.717) is 16.3 Å². The number of hydrogen-bond donors (Lipinski definition) is 2. The molecule has 26 heavy (non-hydrogen) atoms. The second-order valence-electron chi connectivity index (χ2n) is 5.67. The molecular weight excluding hydrogens is 356 g/mol. The lowest BCUT2D eigenvalue weighted by Crippen LogP contribution is -2.32. The van der Waals surface area contributed by atoms with Crippen LogP contribution in [0.3, 0.4) is 0 Å². The fourth-order valence-corrected chi connectivity index (χ4v) is 2.27. The molecule has 0 bridgehead atoms. The molecule has 0 spiro atoms. The molecule has 2 rings (SSSR count). The van der Waals surface area contributed by atoms with Crippen molar-refractivity contribution in [3.63, 3.8) is 0 Å². The fourth-order valence-electron chi connectivity index (χ4n) is 2.08. The van der Waals surface area contributed by atoms with Gasteiger partial charge in [0.2, 0.25) is 0 Å². The van der Waals surface area contributed by atoms with Crippen LogP contribution in [0.15, 0.2) is 42.5 Å². The van der Waals surface area contributed by atoms with Gasteiger partial charge in [-0.05, 0) is 49.2 Å². The van der Waals surface area contributed by atoms with Crippen LogP contribution in [0.25, 0.3) is 0 Å². The Balaban J connectivity index is 1.76. The SMILES string of the molecule is Cc1ccc(C(=O)NCC(=O)OCC(=O)Nc2ccccc2Cl)cc1C. The van der Waals surface area contributed by atoms with E-state index >= 15 is 0 Å². The second-order valence-corrected chi connectivity index (χ2v) is 6.08. The minimum atomic E-state index is -0.712. The molecule has 0 saturated heterocycles. The van der Waals surface area contributed by atoms with Crippen molar-refractivity contribution in [2.24, 2.45) is 0 Å². The van der Waals surface area contributed by atoms with Gasteiger partial charge in [-0.15, -0.1) is 0 Å². The van der Waals surface area contributed by atoms with E-state index in [-0.39, 0.29) is 12.5 Å². The molecule has 136 valence electrons. The van der Waals surface area contributed by atoms with E-state index in [1.807, 2.05) is 19.9 Å². The minimum Gasteiger partial charge on any atom is -0.454 e. The molecule has 0 aromatic heterocycles. The third-order valence-corrected chi connectivity index (χ3v) is 4.00. The highest BCUT2D eigenvalue weighted by atomic mass is 35.5. The molecule has 0 aliphatic heterocycles. The van der Waals surface area contributed by atoms with E-state index in [4.69, 9.17) is 16.3 Å². The predicted molar refractivity (Wildman–Crippen MR) is 99.3 cm³/mol. The van der Waals surface area contributed by atoms with Crippen LogP contribution < -0.4 is 10.6 Å². The first kappa shape index (κ1) is 19.5. The normalized spacial score (nSPS) is 10.1. The Bertz CT molecular complexity index is 836. The molecule has 0 fully saturated rings. The van der Waals surface area contributed by atoms with E-state index in [0.717, 1.165) is 11.1 Å². The molecule has 0 aliphatic rings. The predicted octanol–water partition coefficient (Wildman–Crippen LogP) is 2.87. The first-order valence-corrected chi connectivity index (χ1v) is 8.30. The maximum absolute atomic E-state index is 12.0. The number of esters is 1. The summed E-state index contributed by atoms with van der Waals surface area (Å²) in [7, 11) is 0. The van der Waals surface area contributed by atoms with Crippen LogP contribution in [0.5, 0.6) is 0 Å². The van der Waals surface area contributed by atoms with Crippen LogP contribution in [-0.4, -0.2) is 30.9 Å². The third-order valence-electron chi connectivity index (χ3n) is 3.67. The molecule has 7 heteroatoms. The molecular formula is C19H19ClN2O4. The largest absolute Gasteiger partial charge is 0.454 e. The topological polar surface area (TPSA) is 84.5 Å². The zero-order chi connectivity index (χ0) is 19.1. The third kappa shape index (κ3) is 5.60. The smallest absolute Gasteiger partial charge is 0.325 e. The Kier molecular flexibility index (Phi) is 6.74. The second kappa shape index (κ2) is 9.01. The van der Waals surface area contributed by atoms with Gasteiger partial charge in [-0.2, -0.15) is 0 Å². The van der Waals surface area contributed by atoms with Crippen LogP contribution in [0.1, 0.15) is 21.5 Å². The molecule has 0 unspecified atom stereocenters. The fraction of sp³-hybridized carbons (Fsp3) is 0.211. The highest BCUT2D eigenvalue weighted by Gasteiger charge is 2.12. The average Bonchev–Trinajstić information content (AvgIpc) is 2.62. The Morgan fingerprint density at radius 1 is 1.04 bits per heavy atom. The molecule has 0 atom stereocenters. The number of aryl methyl sites for hydroxylation is 2. The summed E-state index contributed by atoms with van der Waals surface area (Å²) < 4.78 is 4.84. The first-order valence-electron chi connectivity index (χ1n) is 7.92. The van der Waals surface area contributed by atoms with Crippen molar-refractivity contribution >= 4 is 35.1 Å². The van der Waals surface area contributed by atoms with Crippen LogP contribution in [0, 0.1) is 13.8 Å². The van der Waals surface area contributed by atoms with Gasteiger partial charge in [0.15, 0.2) is 6.61 Å². The highest BCUT2D eigenvalue weighted by molar-refractivity contribution is 6.33. The van der Waals surface area contributed by atoms with E-state index in [9.17, 15) is 14.4 Å². The first-order chi connectivity index (χ1) is 12.4. The highest BCUT2D eigenvalue weighted by Crippen LogP contribution is 2.20. The van der Waals surface area contributed by atoms with Gasteiger partial charge < -0.3 is 15.4 Å². The van der Waals surface area contributed by atoms with E-state index in [1.165, 1.54) is 0 Å². The number of nitrogens with one attached hydrogen (secondary N) is 2. The van der Waals surface area contributed by atoms with Crippen molar-refractivity contribution in [1.82, 2.24) is 5.32 Å². The molecule has 2 N–H and O–H groups in total. The number of halogens is 1. The maximum Gasteiger partial charge on any atom is 0.325 e. The summed E-state index contributed by atoms with van der Waals surface area (Å²) in [5, 5.41) is 5.38. The minimum absolute atomic E-state index is 0.328. The Morgan fingerprint density at radius 3 is 2.46 bits per heavy atom. The zero-order valence-electron chi connectivity index (χ0n) is 14.5. The van der Waals surface area contributed by atoms with Crippen LogP contribution in [0.2, 0.25) is 5.02 Å². The van der Waals surface area contributed by atoms with Gasteiger partial charge in [0, 0.05) is 5.56 Å². The van der Waals surface area contributed by atoms with Gasteiger partial charge in [-0.3, -0.25) is 14.4 Å². The van der Waals surface area contributed by atoms with Crippen molar-refractivity contribution < 1.29 is 19.1 Å². The van der Waals surface area contributed by atoms with E-state index in [1.54, 1.807) is 36.4 Å². The monoisotopic (exact) mass is 374 g/mol. The number of anilines is 1. The molecule has 0 heterocycles. The summed E-state index contributed by atoms with van der Waals surface area (Å²) in [6, 6.07) is 12.0. The van der Waals surface area contributed by atoms with Crippen LogP contribution >= 0.6 is 11.6 Å². The summed E-state index contributed by atoms with van der Waals surface area (Å²) in [5.74, 6) is -1.62. The van der Waals surface area contributed by atoms with Gasteiger partial charge in [0.05, 0.1) is 10.7 Å². The van der Waals surface area contributed by atoms with Crippen molar-refractivity contribution in [3.05, 3.63) is 64.2 Å². The average molecular weight is 375 g/mol. The quantitative estimate of drug-likeness (QED) is 0.761. The number of hydrogen-bond acceptors (Lipinski definition) is 4. The zero-order valence-corrected chi connectivity index (χ0v) is 15.2. The van der Waals surface area contributed by atoms with Crippen LogP contribution in [0.4, 0.5) is 5.69 Å². The van der Waals surface area contributed by atoms with Gasteiger partial charge >= 0.3 is 5.97 Å². The number of benzene rings is 2. The van der Waals surface area contributed by atoms with Crippen LogP contribution in [-0.2, 0) is 14.3 Å². The summed E-state index contributed by atoms with van der Waals surface area (Å²) in [4.78, 5) is 35.5. The number of ether oxygens (including phenoxy) is 1. The number of carbonyl (C=O) groups excluding carboxylic acids is 3. The standard InChI is InChI=1S/C19H19ClN2O4/c1-12-7-8-14(9-13(12)2)19(25)21-10-18(24)26-11-17(23)22-16-6-4-3-5-15(16)20/h3-9H,10-11H2,1-2H3,(H,21,25)(H,22,23).